The Kier molecular flexibility index (Phi) is 2.53. The van der Waals surface area contributed by atoms with E-state index in [1.807, 2.05) is 0 Å². The summed E-state index contributed by atoms with van der Waals surface area (Å²) >= 11 is -0.363. The molecule has 0 bridgehead atoms. The molecule has 1 aromatic rings. The first kappa shape index (κ1) is 8.34. The van der Waals surface area contributed by atoms with Crippen molar-refractivity contribution in [1.29, 1.82) is 0 Å². The molecule has 0 amide bonds. The van der Waals surface area contributed by atoms with E-state index in [-0.39, 0.29) is 13.9 Å². The van der Waals surface area contributed by atoms with Gasteiger partial charge in [0, 0.05) is 0 Å². The standard InChI is InChI=1S/C11H15Se/c1-10-7-8-12(9-10)11-5-3-2-4-6-11/h2-6,10H,7-9H2,1H3/q+1/t10-,12?/m1/s1. The Morgan fingerprint density at radius 2 is 2.00 bits per heavy atom. The van der Waals surface area contributed by atoms with E-state index in [0.29, 0.717) is 0 Å². The Balaban J connectivity index is 2.11. The molecule has 1 aliphatic heterocycles. The van der Waals surface area contributed by atoms with Gasteiger partial charge in [-0.15, -0.1) is 0 Å². The van der Waals surface area contributed by atoms with E-state index >= 15 is 0 Å². The summed E-state index contributed by atoms with van der Waals surface area (Å²) in [6.45, 7) is 2.40. The minimum atomic E-state index is -0.363. The second kappa shape index (κ2) is 3.64. The summed E-state index contributed by atoms with van der Waals surface area (Å²) < 4.78 is 1.67. The van der Waals surface area contributed by atoms with Crippen molar-refractivity contribution >= 4 is 18.4 Å². The fourth-order valence-electron chi connectivity index (χ4n) is 1.68. The summed E-state index contributed by atoms with van der Waals surface area (Å²) in [5.74, 6) is 0.996. The third-order valence-electron chi connectivity index (χ3n) is 2.42. The molecule has 1 unspecified atom stereocenters. The van der Waals surface area contributed by atoms with Crippen LogP contribution in [0.2, 0.25) is 10.6 Å². The Labute approximate surface area is 78.9 Å². The van der Waals surface area contributed by atoms with Crippen molar-refractivity contribution in [3.05, 3.63) is 30.3 Å². The van der Waals surface area contributed by atoms with Crippen molar-refractivity contribution in [3.8, 4) is 0 Å². The van der Waals surface area contributed by atoms with Crippen LogP contribution >= 0.6 is 0 Å². The molecule has 2 atom stereocenters. The van der Waals surface area contributed by atoms with Gasteiger partial charge in [0.25, 0.3) is 0 Å². The van der Waals surface area contributed by atoms with Crippen LogP contribution in [0.4, 0.5) is 0 Å². The van der Waals surface area contributed by atoms with Gasteiger partial charge in [0.2, 0.25) is 0 Å². The van der Waals surface area contributed by atoms with Gasteiger partial charge in [0.15, 0.2) is 0 Å². The molecule has 2 rings (SSSR count). The second-order valence-corrected chi connectivity index (χ2v) is 8.18. The summed E-state index contributed by atoms with van der Waals surface area (Å²) in [7, 11) is 0. The molecule has 1 heteroatoms. The SMILES string of the molecule is C[C@@H]1CC[Se+](c2ccccc2)C1. The predicted octanol–water partition coefficient (Wildman–Crippen LogP) is 2.43. The number of benzene rings is 1. The zero-order valence-electron chi connectivity index (χ0n) is 7.49. The molecule has 1 aromatic carbocycles. The van der Waals surface area contributed by atoms with Crippen molar-refractivity contribution in [3.63, 3.8) is 0 Å². The number of hydrogen-bond donors (Lipinski definition) is 0. The Morgan fingerprint density at radius 1 is 1.25 bits per heavy atom. The van der Waals surface area contributed by atoms with Gasteiger partial charge in [-0.1, -0.05) is 0 Å². The maximum absolute atomic E-state index is 2.40. The van der Waals surface area contributed by atoms with Crippen LogP contribution in [-0.4, -0.2) is 13.9 Å². The molecule has 0 radical (unpaired) electrons. The first-order valence-electron chi connectivity index (χ1n) is 4.59. The van der Waals surface area contributed by atoms with E-state index < -0.39 is 0 Å². The van der Waals surface area contributed by atoms with Gasteiger partial charge < -0.3 is 0 Å². The topological polar surface area (TPSA) is 0 Å². The van der Waals surface area contributed by atoms with Crippen molar-refractivity contribution < 1.29 is 0 Å². The van der Waals surface area contributed by atoms with Crippen LogP contribution in [0.5, 0.6) is 0 Å². The first-order valence-corrected chi connectivity index (χ1v) is 7.87. The van der Waals surface area contributed by atoms with Gasteiger partial charge in [0.1, 0.15) is 0 Å². The van der Waals surface area contributed by atoms with Crippen molar-refractivity contribution in [2.45, 2.75) is 24.0 Å². The average Bonchev–Trinajstić information content (AvgIpc) is 2.54. The van der Waals surface area contributed by atoms with Crippen LogP contribution in [0.25, 0.3) is 0 Å². The van der Waals surface area contributed by atoms with E-state index in [2.05, 4.69) is 37.3 Å². The van der Waals surface area contributed by atoms with Crippen LogP contribution < -0.4 is 4.46 Å². The molecule has 0 saturated carbocycles. The summed E-state index contributed by atoms with van der Waals surface area (Å²) in [4.78, 5) is 0. The quantitative estimate of drug-likeness (QED) is 0.645. The minimum absolute atomic E-state index is 0.363. The Bertz CT molecular complexity index is 242. The van der Waals surface area contributed by atoms with Gasteiger partial charge in [-0.05, 0) is 0 Å². The normalized spacial score (nSPS) is 29.1. The van der Waals surface area contributed by atoms with E-state index in [0.717, 1.165) is 5.92 Å². The van der Waals surface area contributed by atoms with Crippen LogP contribution in [-0.2, 0) is 0 Å². The van der Waals surface area contributed by atoms with Crippen molar-refractivity contribution in [1.82, 2.24) is 0 Å². The summed E-state index contributed by atoms with van der Waals surface area (Å²) in [6.07, 6.45) is 1.47. The first-order chi connectivity index (χ1) is 5.86. The van der Waals surface area contributed by atoms with E-state index in [4.69, 9.17) is 0 Å². The monoisotopic (exact) mass is 227 g/mol. The average molecular weight is 226 g/mol. The van der Waals surface area contributed by atoms with Gasteiger partial charge in [-0.25, -0.2) is 0 Å². The Morgan fingerprint density at radius 3 is 2.58 bits per heavy atom. The van der Waals surface area contributed by atoms with Crippen LogP contribution in [0, 0.1) is 5.92 Å². The number of rotatable bonds is 1. The summed E-state index contributed by atoms with van der Waals surface area (Å²) in [5.41, 5.74) is 0. The molecule has 0 aromatic heterocycles. The molecule has 0 nitrogen and oxygen atoms in total. The van der Waals surface area contributed by atoms with E-state index in [1.165, 1.54) is 17.1 Å². The third-order valence-corrected chi connectivity index (χ3v) is 7.96. The molecule has 1 heterocycles. The van der Waals surface area contributed by atoms with Gasteiger partial charge in [-0.3, -0.25) is 0 Å². The van der Waals surface area contributed by atoms with Crippen LogP contribution in [0.1, 0.15) is 13.3 Å². The third kappa shape index (κ3) is 1.73. The zero-order valence-corrected chi connectivity index (χ0v) is 9.21. The van der Waals surface area contributed by atoms with Gasteiger partial charge >= 0.3 is 78.6 Å². The molecular formula is C11H15Se+. The van der Waals surface area contributed by atoms with Crippen molar-refractivity contribution in [2.24, 2.45) is 5.92 Å². The molecule has 12 heavy (non-hydrogen) atoms. The van der Waals surface area contributed by atoms with E-state index in [1.54, 1.807) is 4.46 Å². The van der Waals surface area contributed by atoms with Crippen molar-refractivity contribution in [2.75, 3.05) is 0 Å². The number of hydrogen-bond acceptors (Lipinski definition) is 0. The van der Waals surface area contributed by atoms with Gasteiger partial charge in [0.05, 0.1) is 0 Å². The van der Waals surface area contributed by atoms with Crippen LogP contribution in [0.3, 0.4) is 0 Å². The molecule has 1 fully saturated rings. The Hall–Kier alpha value is -0.261. The fraction of sp³-hybridized carbons (Fsp3) is 0.455. The molecule has 0 spiro atoms. The predicted molar refractivity (Wildman–Crippen MR) is 55.2 cm³/mol. The van der Waals surface area contributed by atoms with Gasteiger partial charge in [-0.2, -0.15) is 0 Å². The summed E-state index contributed by atoms with van der Waals surface area (Å²) in [6, 6.07) is 11.1. The summed E-state index contributed by atoms with van der Waals surface area (Å²) in [5, 5.41) is 3.04. The zero-order chi connectivity index (χ0) is 8.39. The molecule has 0 N–H and O–H groups in total. The second-order valence-electron chi connectivity index (χ2n) is 3.57. The molecule has 1 aliphatic rings. The van der Waals surface area contributed by atoms with E-state index in [9.17, 15) is 0 Å². The molecule has 64 valence electrons. The molecular weight excluding hydrogens is 211 g/mol. The fourth-order valence-corrected chi connectivity index (χ4v) is 7.30. The molecule has 0 aliphatic carbocycles. The maximum atomic E-state index is 2.40. The molecule has 1 saturated heterocycles. The van der Waals surface area contributed by atoms with Crippen LogP contribution in [0.15, 0.2) is 30.3 Å².